The SMILES string of the molecule is Cc1ccc(Cn2cc(CN)nn2)cc1.Cl. The molecule has 0 saturated carbocycles. The summed E-state index contributed by atoms with van der Waals surface area (Å²) in [6.07, 6.45) is 1.87. The minimum Gasteiger partial charge on any atom is -0.325 e. The van der Waals surface area contributed by atoms with Crippen LogP contribution in [0.25, 0.3) is 0 Å². The molecule has 16 heavy (non-hydrogen) atoms. The van der Waals surface area contributed by atoms with E-state index in [0.717, 1.165) is 12.2 Å². The Kier molecular flexibility index (Phi) is 4.46. The molecule has 0 aliphatic carbocycles. The standard InChI is InChI=1S/C11H14N4.ClH/c1-9-2-4-10(5-3-9)7-15-8-11(6-12)13-14-15;/h2-5,8H,6-7,12H2,1H3;1H. The average Bonchev–Trinajstić information content (AvgIpc) is 2.69. The Bertz CT molecular complexity index is 436. The molecule has 1 aromatic heterocycles. The Labute approximate surface area is 101 Å². The van der Waals surface area contributed by atoms with Crippen LogP contribution in [0.1, 0.15) is 16.8 Å². The highest BCUT2D eigenvalue weighted by atomic mass is 35.5. The molecule has 0 atom stereocenters. The van der Waals surface area contributed by atoms with Gasteiger partial charge in [-0.25, -0.2) is 4.68 Å². The van der Waals surface area contributed by atoms with Crippen molar-refractivity contribution >= 4 is 12.4 Å². The lowest BCUT2D eigenvalue weighted by Crippen LogP contribution is -2.00. The fourth-order valence-corrected chi connectivity index (χ4v) is 1.39. The van der Waals surface area contributed by atoms with Crippen molar-refractivity contribution in [1.29, 1.82) is 0 Å². The molecule has 0 fully saturated rings. The van der Waals surface area contributed by atoms with E-state index in [4.69, 9.17) is 5.73 Å². The third kappa shape index (κ3) is 3.05. The lowest BCUT2D eigenvalue weighted by molar-refractivity contribution is 0.649. The molecule has 0 radical (unpaired) electrons. The molecule has 4 nitrogen and oxygen atoms in total. The summed E-state index contributed by atoms with van der Waals surface area (Å²) >= 11 is 0. The second-order valence-corrected chi connectivity index (χ2v) is 3.60. The topological polar surface area (TPSA) is 56.7 Å². The maximum absolute atomic E-state index is 5.46. The number of aryl methyl sites for hydroxylation is 1. The first-order valence-corrected chi connectivity index (χ1v) is 4.92. The summed E-state index contributed by atoms with van der Waals surface area (Å²) in [6.45, 7) is 3.26. The van der Waals surface area contributed by atoms with Crippen LogP contribution in [0.15, 0.2) is 30.5 Å². The van der Waals surface area contributed by atoms with Crippen molar-refractivity contribution in [2.45, 2.75) is 20.0 Å². The summed E-state index contributed by atoms with van der Waals surface area (Å²) in [5.41, 5.74) is 8.76. The fraction of sp³-hybridized carbons (Fsp3) is 0.273. The van der Waals surface area contributed by atoms with E-state index in [-0.39, 0.29) is 12.4 Å². The van der Waals surface area contributed by atoms with Crippen molar-refractivity contribution in [3.63, 3.8) is 0 Å². The second-order valence-electron chi connectivity index (χ2n) is 3.60. The maximum Gasteiger partial charge on any atom is 0.0962 e. The monoisotopic (exact) mass is 238 g/mol. The first-order chi connectivity index (χ1) is 7.28. The van der Waals surface area contributed by atoms with Crippen molar-refractivity contribution < 1.29 is 0 Å². The molecular formula is C11H15ClN4. The third-order valence-corrected chi connectivity index (χ3v) is 2.26. The number of rotatable bonds is 3. The van der Waals surface area contributed by atoms with Crippen LogP contribution in [-0.4, -0.2) is 15.0 Å². The van der Waals surface area contributed by atoms with Gasteiger partial charge in [-0.3, -0.25) is 0 Å². The number of hydrogen-bond donors (Lipinski definition) is 1. The molecule has 5 heteroatoms. The van der Waals surface area contributed by atoms with E-state index in [9.17, 15) is 0 Å². The minimum absolute atomic E-state index is 0. The highest BCUT2D eigenvalue weighted by Crippen LogP contribution is 2.05. The zero-order valence-corrected chi connectivity index (χ0v) is 9.94. The number of nitrogens with two attached hydrogens (primary N) is 1. The van der Waals surface area contributed by atoms with Gasteiger partial charge in [0, 0.05) is 6.54 Å². The van der Waals surface area contributed by atoms with Crippen LogP contribution in [0.4, 0.5) is 0 Å². The molecule has 86 valence electrons. The Morgan fingerprint density at radius 3 is 2.50 bits per heavy atom. The van der Waals surface area contributed by atoms with Gasteiger partial charge in [0.05, 0.1) is 18.4 Å². The normalized spacial score (nSPS) is 9.88. The Morgan fingerprint density at radius 1 is 1.25 bits per heavy atom. The van der Waals surface area contributed by atoms with Gasteiger partial charge in [0.15, 0.2) is 0 Å². The number of halogens is 1. The summed E-state index contributed by atoms with van der Waals surface area (Å²) in [4.78, 5) is 0. The quantitative estimate of drug-likeness (QED) is 0.882. The van der Waals surface area contributed by atoms with Crippen molar-refractivity contribution in [1.82, 2.24) is 15.0 Å². The van der Waals surface area contributed by atoms with Crippen LogP contribution < -0.4 is 5.73 Å². The van der Waals surface area contributed by atoms with E-state index in [0.29, 0.717) is 6.54 Å². The molecule has 0 aliphatic heterocycles. The van der Waals surface area contributed by atoms with Crippen LogP contribution in [0.5, 0.6) is 0 Å². The van der Waals surface area contributed by atoms with Gasteiger partial charge in [-0.15, -0.1) is 17.5 Å². The number of hydrogen-bond acceptors (Lipinski definition) is 3. The van der Waals surface area contributed by atoms with Crippen LogP contribution >= 0.6 is 12.4 Å². The van der Waals surface area contributed by atoms with E-state index < -0.39 is 0 Å². The predicted octanol–water partition coefficient (Wildman–Crippen LogP) is 1.52. The smallest absolute Gasteiger partial charge is 0.0962 e. The zero-order valence-electron chi connectivity index (χ0n) is 9.13. The molecule has 2 rings (SSSR count). The van der Waals surface area contributed by atoms with Crippen LogP contribution in [0, 0.1) is 6.92 Å². The largest absolute Gasteiger partial charge is 0.325 e. The first kappa shape index (κ1) is 12.7. The van der Waals surface area contributed by atoms with Crippen molar-refractivity contribution in [2.24, 2.45) is 5.73 Å². The van der Waals surface area contributed by atoms with E-state index in [1.165, 1.54) is 11.1 Å². The van der Waals surface area contributed by atoms with Crippen LogP contribution in [-0.2, 0) is 13.1 Å². The van der Waals surface area contributed by atoms with Gasteiger partial charge in [-0.05, 0) is 12.5 Å². The molecule has 0 amide bonds. The van der Waals surface area contributed by atoms with Crippen LogP contribution in [0.3, 0.4) is 0 Å². The molecule has 1 heterocycles. The summed E-state index contributed by atoms with van der Waals surface area (Å²) < 4.78 is 1.80. The van der Waals surface area contributed by atoms with Gasteiger partial charge in [0.25, 0.3) is 0 Å². The van der Waals surface area contributed by atoms with Gasteiger partial charge < -0.3 is 5.73 Å². The number of benzene rings is 1. The number of nitrogens with zero attached hydrogens (tertiary/aromatic N) is 3. The second kappa shape index (κ2) is 5.63. The van der Waals surface area contributed by atoms with Crippen LogP contribution in [0.2, 0.25) is 0 Å². The molecular weight excluding hydrogens is 224 g/mol. The van der Waals surface area contributed by atoms with Crippen molar-refractivity contribution in [2.75, 3.05) is 0 Å². The average molecular weight is 239 g/mol. The number of aromatic nitrogens is 3. The first-order valence-electron chi connectivity index (χ1n) is 4.92. The Hall–Kier alpha value is -1.39. The fourth-order valence-electron chi connectivity index (χ4n) is 1.39. The summed E-state index contributed by atoms with van der Waals surface area (Å²) in [5.74, 6) is 0. The van der Waals surface area contributed by atoms with Gasteiger partial charge in [-0.2, -0.15) is 0 Å². The van der Waals surface area contributed by atoms with Crippen molar-refractivity contribution in [3.8, 4) is 0 Å². The van der Waals surface area contributed by atoms with Gasteiger partial charge in [-0.1, -0.05) is 35.0 Å². The van der Waals surface area contributed by atoms with E-state index >= 15 is 0 Å². The van der Waals surface area contributed by atoms with Gasteiger partial charge in [0.1, 0.15) is 0 Å². The predicted molar refractivity (Wildman–Crippen MR) is 65.4 cm³/mol. The molecule has 2 aromatic rings. The summed E-state index contributed by atoms with van der Waals surface area (Å²) in [7, 11) is 0. The Balaban J connectivity index is 0.00000128. The zero-order chi connectivity index (χ0) is 10.7. The molecule has 0 bridgehead atoms. The van der Waals surface area contributed by atoms with Gasteiger partial charge in [0.2, 0.25) is 0 Å². The van der Waals surface area contributed by atoms with Crippen molar-refractivity contribution in [3.05, 3.63) is 47.3 Å². The molecule has 2 N–H and O–H groups in total. The molecule has 1 aromatic carbocycles. The third-order valence-electron chi connectivity index (χ3n) is 2.26. The lowest BCUT2D eigenvalue weighted by Gasteiger charge is -2.00. The summed E-state index contributed by atoms with van der Waals surface area (Å²) in [6, 6.07) is 8.38. The minimum atomic E-state index is 0. The molecule has 0 spiro atoms. The molecule has 0 aliphatic rings. The van der Waals surface area contributed by atoms with E-state index in [2.05, 4.69) is 41.5 Å². The van der Waals surface area contributed by atoms with E-state index in [1.54, 1.807) is 4.68 Å². The summed E-state index contributed by atoms with van der Waals surface area (Å²) in [5, 5.41) is 7.93. The maximum atomic E-state index is 5.46. The highest BCUT2D eigenvalue weighted by Gasteiger charge is 1.99. The Morgan fingerprint density at radius 2 is 1.94 bits per heavy atom. The van der Waals surface area contributed by atoms with Gasteiger partial charge >= 0.3 is 0 Å². The lowest BCUT2D eigenvalue weighted by atomic mass is 10.1. The highest BCUT2D eigenvalue weighted by molar-refractivity contribution is 5.85. The molecule has 0 saturated heterocycles. The molecule has 0 unspecified atom stereocenters. The van der Waals surface area contributed by atoms with E-state index in [1.807, 2.05) is 6.20 Å².